The molecule has 0 saturated carbocycles. The van der Waals surface area contributed by atoms with Gasteiger partial charge in [0, 0.05) is 5.69 Å². The van der Waals surface area contributed by atoms with Crippen LogP contribution in [0.5, 0.6) is 11.5 Å². The van der Waals surface area contributed by atoms with E-state index in [0.717, 1.165) is 5.69 Å². The van der Waals surface area contributed by atoms with Crippen LogP contribution in [0.2, 0.25) is 0 Å². The number of hydrogen-bond acceptors (Lipinski definition) is 4. The van der Waals surface area contributed by atoms with Crippen LogP contribution in [0.3, 0.4) is 0 Å². The Morgan fingerprint density at radius 2 is 1.25 bits per heavy atom. The Kier molecular flexibility index (Phi) is 6.69. The van der Waals surface area contributed by atoms with Gasteiger partial charge in [0.2, 0.25) is 0 Å². The summed E-state index contributed by atoms with van der Waals surface area (Å²) in [7, 11) is -3.65. The molecule has 1 unspecified atom stereocenters. The van der Waals surface area contributed by atoms with E-state index in [-0.39, 0.29) is 0 Å². The SMILES string of the molecule is CC(NC(=S)Nc1ccccc1)P(=O)(Oc1ccccc1)Oc1ccccc1. The van der Waals surface area contributed by atoms with Gasteiger partial charge in [-0.3, -0.25) is 0 Å². The molecule has 0 aliphatic heterocycles. The zero-order valence-electron chi connectivity index (χ0n) is 15.3. The molecule has 2 N–H and O–H groups in total. The van der Waals surface area contributed by atoms with Crippen molar-refractivity contribution < 1.29 is 13.6 Å². The maximum atomic E-state index is 13.6. The van der Waals surface area contributed by atoms with E-state index >= 15 is 0 Å². The van der Waals surface area contributed by atoms with Gasteiger partial charge in [0.15, 0.2) is 10.9 Å². The van der Waals surface area contributed by atoms with Crippen LogP contribution in [0.4, 0.5) is 5.69 Å². The van der Waals surface area contributed by atoms with Gasteiger partial charge in [-0.25, -0.2) is 4.57 Å². The third kappa shape index (κ3) is 5.59. The molecule has 0 aromatic heterocycles. The Morgan fingerprint density at radius 3 is 1.71 bits per heavy atom. The largest absolute Gasteiger partial charge is 0.452 e. The molecular formula is C21H21N2O3PS. The highest BCUT2D eigenvalue weighted by Gasteiger charge is 2.36. The second kappa shape index (κ2) is 9.40. The standard InChI is InChI=1S/C21H21N2O3PS/c1-17(22-21(28)23-18-11-5-2-6-12-18)27(24,25-19-13-7-3-8-14-19)26-20-15-9-4-10-16-20/h2-17H,1H3,(H2,22,23,28). The molecular weight excluding hydrogens is 391 g/mol. The van der Waals surface area contributed by atoms with Gasteiger partial charge in [-0.2, -0.15) is 0 Å². The molecule has 0 bridgehead atoms. The Bertz CT molecular complexity index is 894. The zero-order valence-corrected chi connectivity index (χ0v) is 17.0. The minimum atomic E-state index is -3.65. The second-order valence-electron chi connectivity index (χ2n) is 5.99. The molecule has 7 heteroatoms. The molecule has 0 amide bonds. The zero-order chi connectivity index (χ0) is 19.8. The molecule has 28 heavy (non-hydrogen) atoms. The Labute approximate surface area is 170 Å². The number of para-hydroxylation sites is 3. The molecule has 1 atom stereocenters. The molecule has 0 aliphatic rings. The van der Waals surface area contributed by atoms with Crippen molar-refractivity contribution in [3.8, 4) is 11.5 Å². The first kappa shape index (κ1) is 19.9. The van der Waals surface area contributed by atoms with E-state index in [4.69, 9.17) is 21.3 Å². The highest BCUT2D eigenvalue weighted by atomic mass is 32.1. The third-order valence-corrected chi connectivity index (χ3v) is 6.03. The molecule has 5 nitrogen and oxygen atoms in total. The van der Waals surface area contributed by atoms with E-state index < -0.39 is 13.4 Å². The maximum Gasteiger partial charge on any atom is 0.452 e. The first-order chi connectivity index (χ1) is 13.5. The normalized spacial score (nSPS) is 11.9. The van der Waals surface area contributed by atoms with Crippen LogP contribution >= 0.6 is 19.8 Å². The highest BCUT2D eigenvalue weighted by Crippen LogP contribution is 2.51. The summed E-state index contributed by atoms with van der Waals surface area (Å²) in [6.07, 6.45) is 0. The highest BCUT2D eigenvalue weighted by molar-refractivity contribution is 7.80. The number of nitrogens with one attached hydrogen (secondary N) is 2. The summed E-state index contributed by atoms with van der Waals surface area (Å²) >= 11 is 5.36. The van der Waals surface area contributed by atoms with Crippen LogP contribution in [0.15, 0.2) is 91.0 Å². The predicted molar refractivity (Wildman–Crippen MR) is 117 cm³/mol. The monoisotopic (exact) mass is 412 g/mol. The van der Waals surface area contributed by atoms with E-state index in [1.165, 1.54) is 0 Å². The number of anilines is 1. The van der Waals surface area contributed by atoms with Crippen LogP contribution < -0.4 is 19.7 Å². The van der Waals surface area contributed by atoms with Crippen LogP contribution in [0.25, 0.3) is 0 Å². The van der Waals surface area contributed by atoms with Crippen molar-refractivity contribution in [1.82, 2.24) is 5.32 Å². The minimum absolute atomic E-state index is 0.326. The van der Waals surface area contributed by atoms with Gasteiger partial charge in [0.1, 0.15) is 11.5 Å². The van der Waals surface area contributed by atoms with Gasteiger partial charge in [-0.1, -0.05) is 54.6 Å². The lowest BCUT2D eigenvalue weighted by molar-refractivity contribution is 0.371. The van der Waals surface area contributed by atoms with Gasteiger partial charge in [0.25, 0.3) is 0 Å². The van der Waals surface area contributed by atoms with E-state index in [0.29, 0.717) is 16.6 Å². The summed E-state index contributed by atoms with van der Waals surface area (Å²) in [5.41, 5.74) is 0.829. The van der Waals surface area contributed by atoms with Crippen molar-refractivity contribution in [3.05, 3.63) is 91.0 Å². The molecule has 0 saturated heterocycles. The molecule has 0 spiro atoms. The van der Waals surface area contributed by atoms with Crippen molar-refractivity contribution in [2.75, 3.05) is 5.32 Å². The van der Waals surface area contributed by atoms with Crippen molar-refractivity contribution >= 4 is 30.6 Å². The summed E-state index contributed by atoms with van der Waals surface area (Å²) in [4.78, 5) is 0. The number of thiocarbonyl (C=S) groups is 1. The fraction of sp³-hybridized carbons (Fsp3) is 0.0952. The number of rotatable bonds is 7. The smallest absolute Gasteiger partial charge is 0.415 e. The molecule has 3 aromatic carbocycles. The first-order valence-corrected chi connectivity index (χ1v) is 10.8. The topological polar surface area (TPSA) is 59.6 Å². The fourth-order valence-electron chi connectivity index (χ4n) is 2.39. The molecule has 0 fully saturated rings. The third-order valence-electron chi connectivity index (χ3n) is 3.80. The van der Waals surface area contributed by atoms with Gasteiger partial charge in [-0.15, -0.1) is 0 Å². The van der Waals surface area contributed by atoms with Crippen LogP contribution in [-0.2, 0) is 4.57 Å². The Morgan fingerprint density at radius 1 is 0.821 bits per heavy atom. The van der Waals surface area contributed by atoms with Crippen molar-refractivity contribution in [2.45, 2.75) is 12.7 Å². The molecule has 0 radical (unpaired) electrons. The fourth-order valence-corrected chi connectivity index (χ4v) is 4.24. The van der Waals surface area contributed by atoms with E-state index in [1.54, 1.807) is 31.2 Å². The van der Waals surface area contributed by atoms with Crippen molar-refractivity contribution in [2.24, 2.45) is 0 Å². The summed E-state index contributed by atoms with van der Waals surface area (Å²) in [5, 5.41) is 6.40. The predicted octanol–water partition coefficient (Wildman–Crippen LogP) is 5.67. The van der Waals surface area contributed by atoms with Crippen LogP contribution in [0.1, 0.15) is 6.92 Å². The summed E-state index contributed by atoms with van der Waals surface area (Å²) in [6.45, 7) is 1.71. The van der Waals surface area contributed by atoms with E-state index in [1.807, 2.05) is 66.7 Å². The lowest BCUT2D eigenvalue weighted by atomic mass is 10.3. The lowest BCUT2D eigenvalue weighted by Crippen LogP contribution is -2.37. The van der Waals surface area contributed by atoms with Crippen LogP contribution in [0, 0.1) is 0 Å². The molecule has 144 valence electrons. The van der Waals surface area contributed by atoms with Crippen molar-refractivity contribution in [3.63, 3.8) is 0 Å². The van der Waals surface area contributed by atoms with Gasteiger partial charge < -0.3 is 19.7 Å². The summed E-state index contributed by atoms with van der Waals surface area (Å²) in [6, 6.07) is 27.4. The maximum absolute atomic E-state index is 13.6. The van der Waals surface area contributed by atoms with Gasteiger partial charge in [0.05, 0.1) is 0 Å². The van der Waals surface area contributed by atoms with E-state index in [9.17, 15) is 4.57 Å². The molecule has 3 aromatic rings. The first-order valence-electron chi connectivity index (χ1n) is 8.77. The minimum Gasteiger partial charge on any atom is -0.415 e. The van der Waals surface area contributed by atoms with Gasteiger partial charge >= 0.3 is 7.60 Å². The Hall–Kier alpha value is -2.82. The van der Waals surface area contributed by atoms with E-state index in [2.05, 4.69) is 10.6 Å². The van der Waals surface area contributed by atoms with Crippen molar-refractivity contribution in [1.29, 1.82) is 0 Å². The second-order valence-corrected chi connectivity index (χ2v) is 8.62. The molecule has 0 aliphatic carbocycles. The van der Waals surface area contributed by atoms with Gasteiger partial charge in [-0.05, 0) is 55.5 Å². The lowest BCUT2D eigenvalue weighted by Gasteiger charge is -2.26. The summed E-state index contributed by atoms with van der Waals surface area (Å²) < 4.78 is 25.2. The van der Waals surface area contributed by atoms with Crippen LogP contribution in [-0.4, -0.2) is 10.9 Å². The average molecular weight is 412 g/mol. The summed E-state index contributed by atoms with van der Waals surface area (Å²) in [5.74, 6) is 0.214. The number of benzene rings is 3. The quantitative estimate of drug-likeness (QED) is 0.385. The Balaban J connectivity index is 1.76. The number of hydrogen-bond donors (Lipinski definition) is 2. The molecule has 3 rings (SSSR count). The average Bonchev–Trinajstić information content (AvgIpc) is 2.70. The molecule has 0 heterocycles.